The highest BCUT2D eigenvalue weighted by Gasteiger charge is 2.30. The van der Waals surface area contributed by atoms with Crippen LogP contribution in [0.4, 0.5) is 0 Å². The molecule has 1 aliphatic carbocycles. The second-order valence-electron chi connectivity index (χ2n) is 6.61. The van der Waals surface area contributed by atoms with Crippen molar-refractivity contribution in [3.63, 3.8) is 0 Å². The van der Waals surface area contributed by atoms with Gasteiger partial charge in [0.15, 0.2) is 5.78 Å². The third kappa shape index (κ3) is 2.79. The van der Waals surface area contributed by atoms with E-state index < -0.39 is 0 Å². The molecule has 0 aromatic heterocycles. The Labute approximate surface area is 136 Å². The van der Waals surface area contributed by atoms with Gasteiger partial charge in [-0.2, -0.15) is 0 Å². The molecular formula is C20H21NO2. The first kappa shape index (κ1) is 15.5. The van der Waals surface area contributed by atoms with Crippen LogP contribution in [0.1, 0.15) is 53.5 Å². The molecular weight excluding hydrogens is 286 g/mol. The van der Waals surface area contributed by atoms with E-state index in [1.165, 1.54) is 0 Å². The standard InChI is InChI=1S/C20H21NO2/c1-12(2)11-13(3)21-20(23)17-10-6-9-16-18(17)14-7-4-5-8-15(14)19(16)22/h4-10,12-13H,11H2,1-3H3,(H,21,23). The molecule has 23 heavy (non-hydrogen) atoms. The van der Waals surface area contributed by atoms with Crippen LogP contribution in [0.2, 0.25) is 0 Å². The summed E-state index contributed by atoms with van der Waals surface area (Å²) in [5.41, 5.74) is 3.50. The molecule has 0 heterocycles. The fraction of sp³-hybridized carbons (Fsp3) is 0.300. The molecule has 2 aromatic carbocycles. The molecule has 0 aliphatic heterocycles. The molecule has 0 fully saturated rings. The maximum absolute atomic E-state index is 12.7. The number of ketones is 1. The van der Waals surface area contributed by atoms with Gasteiger partial charge in [-0.05, 0) is 30.9 Å². The lowest BCUT2D eigenvalue weighted by molar-refractivity contribution is 0.0936. The summed E-state index contributed by atoms with van der Waals surface area (Å²) < 4.78 is 0. The van der Waals surface area contributed by atoms with Gasteiger partial charge in [0.1, 0.15) is 0 Å². The average Bonchev–Trinajstić information content (AvgIpc) is 2.80. The molecule has 0 radical (unpaired) electrons. The predicted octanol–water partition coefficient (Wildman–Crippen LogP) is 4.06. The van der Waals surface area contributed by atoms with Crippen molar-refractivity contribution in [1.29, 1.82) is 0 Å². The summed E-state index contributed by atoms with van der Waals surface area (Å²) in [6.07, 6.45) is 0.927. The fourth-order valence-electron chi connectivity index (χ4n) is 3.33. The minimum atomic E-state index is -0.112. The second-order valence-corrected chi connectivity index (χ2v) is 6.61. The van der Waals surface area contributed by atoms with Gasteiger partial charge in [-0.15, -0.1) is 0 Å². The van der Waals surface area contributed by atoms with Crippen LogP contribution in [-0.2, 0) is 0 Å². The molecule has 1 amide bonds. The number of nitrogens with one attached hydrogen (secondary N) is 1. The van der Waals surface area contributed by atoms with Crippen molar-refractivity contribution in [3.05, 3.63) is 59.2 Å². The Bertz CT molecular complexity index is 777. The maximum atomic E-state index is 12.7. The van der Waals surface area contributed by atoms with Crippen molar-refractivity contribution in [2.24, 2.45) is 5.92 Å². The van der Waals surface area contributed by atoms with Gasteiger partial charge in [0.2, 0.25) is 0 Å². The van der Waals surface area contributed by atoms with Gasteiger partial charge in [-0.1, -0.05) is 50.2 Å². The number of amides is 1. The minimum Gasteiger partial charge on any atom is -0.350 e. The first-order chi connectivity index (χ1) is 11.0. The van der Waals surface area contributed by atoms with Gasteiger partial charge in [-0.3, -0.25) is 9.59 Å². The molecule has 0 saturated heterocycles. The Morgan fingerprint density at radius 3 is 2.30 bits per heavy atom. The molecule has 2 aromatic rings. The molecule has 0 bridgehead atoms. The van der Waals surface area contributed by atoms with E-state index in [2.05, 4.69) is 19.2 Å². The molecule has 3 rings (SSSR count). The van der Waals surface area contributed by atoms with Gasteiger partial charge >= 0.3 is 0 Å². The molecule has 1 N–H and O–H groups in total. The van der Waals surface area contributed by atoms with Crippen LogP contribution in [0.25, 0.3) is 11.1 Å². The monoisotopic (exact) mass is 307 g/mol. The number of benzene rings is 2. The van der Waals surface area contributed by atoms with Crippen molar-refractivity contribution in [2.75, 3.05) is 0 Å². The summed E-state index contributed by atoms with van der Waals surface area (Å²) in [6, 6.07) is 13.0. The summed E-state index contributed by atoms with van der Waals surface area (Å²) in [7, 11) is 0. The Morgan fingerprint density at radius 2 is 1.61 bits per heavy atom. The van der Waals surface area contributed by atoms with E-state index in [9.17, 15) is 9.59 Å². The van der Waals surface area contributed by atoms with Gasteiger partial charge < -0.3 is 5.32 Å². The van der Waals surface area contributed by atoms with E-state index in [1.54, 1.807) is 18.2 Å². The summed E-state index contributed by atoms with van der Waals surface area (Å²) >= 11 is 0. The molecule has 0 saturated carbocycles. The van der Waals surface area contributed by atoms with Crippen molar-refractivity contribution in [2.45, 2.75) is 33.2 Å². The van der Waals surface area contributed by atoms with Crippen LogP contribution >= 0.6 is 0 Å². The van der Waals surface area contributed by atoms with Crippen molar-refractivity contribution < 1.29 is 9.59 Å². The smallest absolute Gasteiger partial charge is 0.252 e. The molecule has 3 nitrogen and oxygen atoms in total. The molecule has 1 aliphatic rings. The van der Waals surface area contributed by atoms with E-state index in [4.69, 9.17) is 0 Å². The number of hydrogen-bond acceptors (Lipinski definition) is 2. The van der Waals surface area contributed by atoms with Gasteiger partial charge in [-0.25, -0.2) is 0 Å². The number of rotatable bonds is 4. The predicted molar refractivity (Wildman–Crippen MR) is 91.7 cm³/mol. The summed E-state index contributed by atoms with van der Waals surface area (Å²) in [4.78, 5) is 25.2. The highest BCUT2D eigenvalue weighted by atomic mass is 16.1. The average molecular weight is 307 g/mol. The van der Waals surface area contributed by atoms with Crippen molar-refractivity contribution in [3.8, 4) is 11.1 Å². The zero-order valence-electron chi connectivity index (χ0n) is 13.7. The summed E-state index contributed by atoms with van der Waals surface area (Å²) in [5.74, 6) is 0.411. The Morgan fingerprint density at radius 1 is 0.957 bits per heavy atom. The van der Waals surface area contributed by atoms with Crippen LogP contribution in [0, 0.1) is 5.92 Å². The SMILES string of the molecule is CC(C)CC(C)NC(=O)c1cccc2c1-c1ccccc1C2=O. The molecule has 1 unspecified atom stereocenters. The zero-order valence-corrected chi connectivity index (χ0v) is 13.7. The Balaban J connectivity index is 1.98. The Hall–Kier alpha value is -2.42. The van der Waals surface area contributed by atoms with Crippen LogP contribution < -0.4 is 5.32 Å². The normalized spacial score (nSPS) is 13.7. The number of hydrogen-bond donors (Lipinski definition) is 1. The molecule has 118 valence electrons. The third-order valence-electron chi connectivity index (χ3n) is 4.20. The molecule has 1 atom stereocenters. The summed E-state index contributed by atoms with van der Waals surface area (Å²) in [6.45, 7) is 6.29. The van der Waals surface area contributed by atoms with Crippen LogP contribution in [0.5, 0.6) is 0 Å². The molecule has 0 spiro atoms. The van der Waals surface area contributed by atoms with E-state index in [0.717, 1.165) is 17.5 Å². The lowest BCUT2D eigenvalue weighted by Crippen LogP contribution is -2.33. The fourth-order valence-corrected chi connectivity index (χ4v) is 3.33. The Kier molecular flexibility index (Phi) is 4.03. The number of fused-ring (bicyclic) bond motifs is 3. The van der Waals surface area contributed by atoms with Gasteiger partial charge in [0.05, 0.1) is 0 Å². The summed E-state index contributed by atoms with van der Waals surface area (Å²) in [5, 5.41) is 3.05. The highest BCUT2D eigenvalue weighted by Crippen LogP contribution is 2.38. The van der Waals surface area contributed by atoms with E-state index >= 15 is 0 Å². The lowest BCUT2D eigenvalue weighted by atomic mass is 9.98. The van der Waals surface area contributed by atoms with Crippen molar-refractivity contribution >= 4 is 11.7 Å². The minimum absolute atomic E-state index is 0.000443. The first-order valence-electron chi connectivity index (χ1n) is 8.07. The van der Waals surface area contributed by atoms with E-state index in [-0.39, 0.29) is 17.7 Å². The van der Waals surface area contributed by atoms with Crippen LogP contribution in [0.3, 0.4) is 0 Å². The number of carbonyl (C=O) groups is 2. The van der Waals surface area contributed by atoms with Crippen LogP contribution in [-0.4, -0.2) is 17.7 Å². The zero-order chi connectivity index (χ0) is 16.6. The quantitative estimate of drug-likeness (QED) is 0.790. The van der Waals surface area contributed by atoms with Crippen LogP contribution in [0.15, 0.2) is 42.5 Å². The second kappa shape index (κ2) is 5.99. The third-order valence-corrected chi connectivity index (χ3v) is 4.20. The topological polar surface area (TPSA) is 46.2 Å². The lowest BCUT2D eigenvalue weighted by Gasteiger charge is -2.17. The van der Waals surface area contributed by atoms with E-state index in [0.29, 0.717) is 22.6 Å². The first-order valence-corrected chi connectivity index (χ1v) is 8.07. The largest absolute Gasteiger partial charge is 0.350 e. The van der Waals surface area contributed by atoms with Gasteiger partial charge in [0.25, 0.3) is 5.91 Å². The highest BCUT2D eigenvalue weighted by molar-refractivity contribution is 6.24. The number of carbonyl (C=O) groups excluding carboxylic acids is 2. The molecule has 3 heteroatoms. The maximum Gasteiger partial charge on any atom is 0.252 e. The van der Waals surface area contributed by atoms with E-state index in [1.807, 2.05) is 31.2 Å². The van der Waals surface area contributed by atoms with Crippen molar-refractivity contribution in [1.82, 2.24) is 5.32 Å². The van der Waals surface area contributed by atoms with Gasteiger partial charge in [0, 0.05) is 28.3 Å².